The molecule has 0 saturated carbocycles. The predicted octanol–water partition coefficient (Wildman–Crippen LogP) is 4.59. The highest BCUT2D eigenvalue weighted by Crippen LogP contribution is 2.31. The summed E-state index contributed by atoms with van der Waals surface area (Å²) < 4.78 is 5.19. The second-order valence-electron chi connectivity index (χ2n) is 5.46. The van der Waals surface area contributed by atoms with Gasteiger partial charge in [0.25, 0.3) is 0 Å². The van der Waals surface area contributed by atoms with Crippen LogP contribution in [0.25, 0.3) is 0 Å². The van der Waals surface area contributed by atoms with Crippen LogP contribution in [0, 0.1) is 0 Å². The van der Waals surface area contributed by atoms with E-state index in [0.717, 1.165) is 0 Å². The van der Waals surface area contributed by atoms with Crippen LogP contribution in [0.4, 0.5) is 21.3 Å². The number of ether oxygens (including phenoxy) is 1. The predicted molar refractivity (Wildman–Crippen MR) is 88.4 cm³/mol. The summed E-state index contributed by atoms with van der Waals surface area (Å²) in [5.41, 5.74) is 0.516. The minimum Gasteiger partial charge on any atom is -0.493 e. The maximum absolute atomic E-state index is 11.8. The van der Waals surface area contributed by atoms with E-state index in [2.05, 4.69) is 15.6 Å². The van der Waals surface area contributed by atoms with Crippen LogP contribution >= 0.6 is 22.9 Å². The molecule has 1 heterocycles. The van der Waals surface area contributed by atoms with E-state index < -0.39 is 11.7 Å². The second kappa shape index (κ2) is 6.41. The quantitative estimate of drug-likeness (QED) is 0.760. The molecule has 0 aliphatic carbocycles. The minimum absolute atomic E-state index is 0.0633. The number of nitrogens with one attached hydrogen (secondary N) is 2. The summed E-state index contributed by atoms with van der Waals surface area (Å²) in [6.45, 7) is 5.36. The van der Waals surface area contributed by atoms with E-state index in [9.17, 15) is 9.90 Å². The number of nitrogens with zero attached hydrogens (tertiary/aromatic N) is 1. The molecular weight excluding hydrogens is 326 g/mol. The fourth-order valence-electron chi connectivity index (χ4n) is 1.56. The highest BCUT2D eigenvalue weighted by molar-refractivity contribution is 7.14. The molecule has 6 nitrogen and oxygen atoms in total. The molecule has 0 saturated heterocycles. The standard InChI is InChI=1S/C14H16ClN3O3S/c1-14(2,3)21-13(20)16-8-4-5-9(15)10(6-8)17-12-18-11(19)7-22-12/h4-7,19H,1-3H3,(H,16,20)(H,17,18). The summed E-state index contributed by atoms with van der Waals surface area (Å²) in [5, 5.41) is 17.3. The van der Waals surface area contributed by atoms with Crippen LogP contribution in [0.15, 0.2) is 23.6 Å². The minimum atomic E-state index is -0.573. The first kappa shape index (κ1) is 16.4. The number of aromatic nitrogens is 1. The van der Waals surface area contributed by atoms with E-state index in [4.69, 9.17) is 16.3 Å². The zero-order chi connectivity index (χ0) is 16.3. The van der Waals surface area contributed by atoms with Crippen molar-refractivity contribution in [1.82, 2.24) is 4.98 Å². The zero-order valence-corrected chi connectivity index (χ0v) is 13.9. The molecule has 0 aliphatic rings. The summed E-state index contributed by atoms with van der Waals surface area (Å²) in [4.78, 5) is 15.6. The Bertz CT molecular complexity index is 682. The molecule has 1 aromatic carbocycles. The van der Waals surface area contributed by atoms with Gasteiger partial charge in [-0.3, -0.25) is 5.32 Å². The number of halogens is 1. The van der Waals surface area contributed by atoms with E-state index in [1.165, 1.54) is 16.7 Å². The van der Waals surface area contributed by atoms with Gasteiger partial charge in [-0.1, -0.05) is 11.6 Å². The first-order valence-electron chi connectivity index (χ1n) is 6.44. The average Bonchev–Trinajstić information content (AvgIpc) is 2.76. The highest BCUT2D eigenvalue weighted by Gasteiger charge is 2.16. The first-order valence-corrected chi connectivity index (χ1v) is 7.70. The monoisotopic (exact) mass is 341 g/mol. The van der Waals surface area contributed by atoms with Crippen molar-refractivity contribution in [2.45, 2.75) is 26.4 Å². The number of carbonyl (C=O) groups is 1. The maximum atomic E-state index is 11.8. The SMILES string of the molecule is CC(C)(C)OC(=O)Nc1ccc(Cl)c(Nc2nc(O)cs2)c1. The number of carbonyl (C=O) groups excluding carboxylic acids is 1. The fraction of sp³-hybridized carbons (Fsp3) is 0.286. The second-order valence-corrected chi connectivity index (χ2v) is 6.72. The van der Waals surface area contributed by atoms with Gasteiger partial charge in [0.15, 0.2) is 5.13 Å². The number of amides is 1. The Hall–Kier alpha value is -1.99. The number of benzene rings is 1. The molecule has 118 valence electrons. The van der Waals surface area contributed by atoms with E-state index in [1.807, 2.05) is 0 Å². The van der Waals surface area contributed by atoms with Crippen molar-refractivity contribution < 1.29 is 14.6 Å². The summed E-state index contributed by atoms with van der Waals surface area (Å²) >= 11 is 7.34. The van der Waals surface area contributed by atoms with Crippen molar-refractivity contribution in [1.29, 1.82) is 0 Å². The van der Waals surface area contributed by atoms with Crippen LogP contribution in [0.1, 0.15) is 20.8 Å². The van der Waals surface area contributed by atoms with Crippen LogP contribution < -0.4 is 10.6 Å². The normalized spacial score (nSPS) is 11.1. The lowest BCUT2D eigenvalue weighted by Gasteiger charge is -2.20. The fourth-order valence-corrected chi connectivity index (χ4v) is 2.31. The van der Waals surface area contributed by atoms with Crippen molar-refractivity contribution >= 4 is 45.5 Å². The largest absolute Gasteiger partial charge is 0.493 e. The molecule has 2 rings (SSSR count). The Balaban J connectivity index is 2.11. The van der Waals surface area contributed by atoms with Crippen LogP contribution in [0.3, 0.4) is 0 Å². The van der Waals surface area contributed by atoms with Crippen LogP contribution in [-0.4, -0.2) is 21.8 Å². The van der Waals surface area contributed by atoms with Gasteiger partial charge in [-0.05, 0) is 39.0 Å². The Labute approximate surface area is 137 Å². The van der Waals surface area contributed by atoms with Crippen molar-refractivity contribution in [3.8, 4) is 5.88 Å². The number of anilines is 3. The maximum Gasteiger partial charge on any atom is 0.412 e. The molecular formula is C14H16ClN3O3S. The molecule has 0 unspecified atom stereocenters. The molecule has 22 heavy (non-hydrogen) atoms. The van der Waals surface area contributed by atoms with E-state index in [1.54, 1.807) is 39.0 Å². The van der Waals surface area contributed by atoms with Crippen LogP contribution in [0.5, 0.6) is 5.88 Å². The number of rotatable bonds is 3. The van der Waals surface area contributed by atoms with Crippen LogP contribution in [-0.2, 0) is 4.74 Å². The first-order chi connectivity index (χ1) is 10.2. The molecule has 1 amide bonds. The van der Waals surface area contributed by atoms with Gasteiger partial charge in [-0.15, -0.1) is 11.3 Å². The summed E-state index contributed by atoms with van der Waals surface area (Å²) in [6.07, 6.45) is -0.548. The zero-order valence-electron chi connectivity index (χ0n) is 12.3. The smallest absolute Gasteiger partial charge is 0.412 e. The third-order valence-corrected chi connectivity index (χ3v) is 3.42. The van der Waals surface area contributed by atoms with E-state index in [-0.39, 0.29) is 5.88 Å². The lowest BCUT2D eigenvalue weighted by molar-refractivity contribution is 0.0636. The van der Waals surface area contributed by atoms with Gasteiger partial charge < -0.3 is 15.2 Å². The molecule has 0 aliphatic heterocycles. The van der Waals surface area contributed by atoms with Gasteiger partial charge in [0.1, 0.15) is 5.60 Å². The van der Waals surface area contributed by atoms with Crippen LogP contribution in [0.2, 0.25) is 5.02 Å². The number of aromatic hydroxyl groups is 1. The number of thiazole rings is 1. The Morgan fingerprint density at radius 3 is 2.73 bits per heavy atom. The lowest BCUT2D eigenvalue weighted by Crippen LogP contribution is -2.27. The van der Waals surface area contributed by atoms with Gasteiger partial charge >= 0.3 is 6.09 Å². The van der Waals surface area contributed by atoms with Gasteiger partial charge in [-0.2, -0.15) is 4.98 Å². The molecule has 0 spiro atoms. The molecule has 0 atom stereocenters. The van der Waals surface area contributed by atoms with Gasteiger partial charge in [0.05, 0.1) is 16.1 Å². The Morgan fingerprint density at radius 1 is 1.41 bits per heavy atom. The third kappa shape index (κ3) is 4.78. The average molecular weight is 342 g/mol. The van der Waals surface area contributed by atoms with Crippen molar-refractivity contribution in [3.05, 3.63) is 28.6 Å². The molecule has 0 radical (unpaired) electrons. The molecule has 1 aromatic heterocycles. The van der Waals surface area contributed by atoms with Crippen molar-refractivity contribution in [3.63, 3.8) is 0 Å². The lowest BCUT2D eigenvalue weighted by atomic mass is 10.2. The topological polar surface area (TPSA) is 83.5 Å². The summed E-state index contributed by atoms with van der Waals surface area (Å²) in [7, 11) is 0. The van der Waals surface area contributed by atoms with Crippen molar-refractivity contribution in [2.24, 2.45) is 0 Å². The van der Waals surface area contributed by atoms with E-state index in [0.29, 0.717) is 21.5 Å². The number of hydrogen-bond acceptors (Lipinski definition) is 6. The molecule has 0 fully saturated rings. The molecule has 3 N–H and O–H groups in total. The van der Waals surface area contributed by atoms with Gasteiger partial charge in [-0.25, -0.2) is 4.79 Å². The number of hydrogen-bond donors (Lipinski definition) is 3. The molecule has 8 heteroatoms. The summed E-state index contributed by atoms with van der Waals surface area (Å²) in [5.74, 6) is -0.0633. The Morgan fingerprint density at radius 2 is 2.14 bits per heavy atom. The molecule has 2 aromatic rings. The summed E-state index contributed by atoms with van der Waals surface area (Å²) in [6, 6.07) is 4.96. The third-order valence-electron chi connectivity index (χ3n) is 2.35. The molecule has 0 bridgehead atoms. The van der Waals surface area contributed by atoms with Gasteiger partial charge in [0, 0.05) is 5.69 Å². The Kier molecular flexibility index (Phi) is 4.77. The highest BCUT2D eigenvalue weighted by atomic mass is 35.5. The van der Waals surface area contributed by atoms with Gasteiger partial charge in [0.2, 0.25) is 5.88 Å². The van der Waals surface area contributed by atoms with E-state index >= 15 is 0 Å². The van der Waals surface area contributed by atoms with Crippen molar-refractivity contribution in [2.75, 3.05) is 10.6 Å².